The molecule has 0 saturated carbocycles. The number of hydrogen-bond donors (Lipinski definition) is 2. The molecule has 0 heterocycles. The Morgan fingerprint density at radius 3 is 1.45 bits per heavy atom. The van der Waals surface area contributed by atoms with E-state index in [2.05, 4.69) is 13.8 Å². The minimum Gasteiger partial charge on any atom is -0.394 e. The number of unbranched alkanes of at least 4 members (excludes halogenated alkanes) is 10. The van der Waals surface area contributed by atoms with Crippen LogP contribution in [0.4, 0.5) is 0 Å². The third-order valence-electron chi connectivity index (χ3n) is 4.37. The highest BCUT2D eigenvalue weighted by Crippen LogP contribution is 2.20. The molecule has 0 aliphatic rings. The summed E-state index contributed by atoms with van der Waals surface area (Å²) in [5.41, 5.74) is 5.97. The van der Waals surface area contributed by atoms with Gasteiger partial charge in [0.15, 0.2) is 0 Å². The van der Waals surface area contributed by atoms with Gasteiger partial charge in [-0.15, -0.1) is 0 Å². The molecule has 0 amide bonds. The quantitative estimate of drug-likeness (QED) is 0.407. The maximum atomic E-state index is 9.48. The van der Waals surface area contributed by atoms with Gasteiger partial charge in [-0.3, -0.25) is 0 Å². The molecule has 0 aliphatic carbocycles. The maximum Gasteiger partial charge on any atom is 0.0611 e. The standard InChI is InChI=1S/C18H39NO/c1-3-5-7-8-9-10-11-12-14-16-18(19,17-20)15-13-6-4-2/h20H,3-17,19H2,1-2H3. The number of nitrogens with two attached hydrogens (primary N) is 1. The first kappa shape index (κ1) is 19.9. The van der Waals surface area contributed by atoms with Crippen molar-refractivity contribution in [2.75, 3.05) is 6.61 Å². The third kappa shape index (κ3) is 11.7. The Kier molecular flexibility index (Phi) is 13.8. The molecule has 0 aliphatic heterocycles. The lowest BCUT2D eigenvalue weighted by Crippen LogP contribution is -2.43. The van der Waals surface area contributed by atoms with E-state index in [1.807, 2.05) is 0 Å². The lowest BCUT2D eigenvalue weighted by Gasteiger charge is -2.27. The van der Waals surface area contributed by atoms with Crippen molar-refractivity contribution in [3.05, 3.63) is 0 Å². The van der Waals surface area contributed by atoms with Gasteiger partial charge in [0.1, 0.15) is 0 Å². The molecule has 3 N–H and O–H groups in total. The van der Waals surface area contributed by atoms with Gasteiger partial charge in [-0.05, 0) is 12.8 Å². The topological polar surface area (TPSA) is 46.2 Å². The van der Waals surface area contributed by atoms with Crippen molar-refractivity contribution in [3.8, 4) is 0 Å². The average molecular weight is 286 g/mol. The molecule has 0 bridgehead atoms. The Balaban J connectivity index is 3.45. The average Bonchev–Trinajstić information content (AvgIpc) is 2.46. The highest BCUT2D eigenvalue weighted by atomic mass is 16.3. The van der Waals surface area contributed by atoms with E-state index in [4.69, 9.17) is 5.73 Å². The minimum absolute atomic E-state index is 0.147. The van der Waals surface area contributed by atoms with Gasteiger partial charge in [0.2, 0.25) is 0 Å². The van der Waals surface area contributed by atoms with E-state index in [1.54, 1.807) is 0 Å². The fourth-order valence-corrected chi connectivity index (χ4v) is 2.80. The van der Waals surface area contributed by atoms with Crippen LogP contribution in [-0.4, -0.2) is 17.3 Å². The SMILES string of the molecule is CCCCCCCCCCCC(N)(CO)CCCCC. The number of rotatable bonds is 15. The van der Waals surface area contributed by atoms with Crippen LogP contribution < -0.4 is 5.73 Å². The summed E-state index contributed by atoms with van der Waals surface area (Å²) in [6.07, 6.45) is 17.7. The lowest BCUT2D eigenvalue weighted by atomic mass is 9.88. The van der Waals surface area contributed by atoms with Crippen molar-refractivity contribution < 1.29 is 5.11 Å². The van der Waals surface area contributed by atoms with E-state index in [0.717, 1.165) is 19.3 Å². The molecule has 1 unspecified atom stereocenters. The second-order valence-corrected chi connectivity index (χ2v) is 6.56. The van der Waals surface area contributed by atoms with Crippen molar-refractivity contribution in [2.45, 2.75) is 109 Å². The smallest absolute Gasteiger partial charge is 0.0611 e. The molecule has 0 fully saturated rings. The van der Waals surface area contributed by atoms with Crippen LogP contribution in [-0.2, 0) is 0 Å². The Labute approximate surface area is 127 Å². The summed E-state index contributed by atoms with van der Waals surface area (Å²) >= 11 is 0. The molecule has 0 rings (SSSR count). The van der Waals surface area contributed by atoms with E-state index in [0.29, 0.717) is 0 Å². The maximum absolute atomic E-state index is 9.48. The Bertz CT molecular complexity index is 196. The van der Waals surface area contributed by atoms with Crippen LogP contribution in [0.1, 0.15) is 104 Å². The largest absolute Gasteiger partial charge is 0.394 e. The van der Waals surface area contributed by atoms with E-state index >= 15 is 0 Å². The summed E-state index contributed by atoms with van der Waals surface area (Å²) < 4.78 is 0. The normalized spacial score (nSPS) is 14.4. The molecular weight excluding hydrogens is 246 g/mol. The van der Waals surface area contributed by atoms with Crippen molar-refractivity contribution >= 4 is 0 Å². The first-order valence-corrected chi connectivity index (χ1v) is 9.08. The fourth-order valence-electron chi connectivity index (χ4n) is 2.80. The zero-order chi connectivity index (χ0) is 15.1. The van der Waals surface area contributed by atoms with Crippen molar-refractivity contribution in [1.29, 1.82) is 0 Å². The molecule has 0 aromatic carbocycles. The van der Waals surface area contributed by atoms with Crippen LogP contribution in [0.3, 0.4) is 0 Å². The zero-order valence-electron chi connectivity index (χ0n) is 14.1. The molecule has 2 heteroatoms. The van der Waals surface area contributed by atoms with Gasteiger partial charge in [0.05, 0.1) is 6.61 Å². The summed E-state index contributed by atoms with van der Waals surface area (Å²) in [5, 5.41) is 9.48. The molecule has 0 radical (unpaired) electrons. The van der Waals surface area contributed by atoms with Crippen LogP contribution in [0, 0.1) is 0 Å². The highest BCUT2D eigenvalue weighted by molar-refractivity contribution is 4.82. The van der Waals surface area contributed by atoms with Gasteiger partial charge in [-0.25, -0.2) is 0 Å². The predicted molar refractivity (Wildman–Crippen MR) is 90.0 cm³/mol. The fraction of sp³-hybridized carbons (Fsp3) is 1.00. The van der Waals surface area contributed by atoms with Gasteiger partial charge in [-0.1, -0.05) is 90.9 Å². The minimum atomic E-state index is -0.309. The van der Waals surface area contributed by atoms with Gasteiger partial charge >= 0.3 is 0 Å². The summed E-state index contributed by atoms with van der Waals surface area (Å²) in [4.78, 5) is 0. The molecule has 1 atom stereocenters. The van der Waals surface area contributed by atoms with E-state index in [1.165, 1.54) is 70.6 Å². The van der Waals surface area contributed by atoms with Gasteiger partial charge in [-0.2, -0.15) is 0 Å². The van der Waals surface area contributed by atoms with Crippen molar-refractivity contribution in [3.63, 3.8) is 0 Å². The molecule has 0 spiro atoms. The summed E-state index contributed by atoms with van der Waals surface area (Å²) in [7, 11) is 0. The first-order valence-electron chi connectivity index (χ1n) is 9.08. The van der Waals surface area contributed by atoms with E-state index in [-0.39, 0.29) is 12.1 Å². The lowest BCUT2D eigenvalue weighted by molar-refractivity contribution is 0.171. The van der Waals surface area contributed by atoms with Gasteiger partial charge in [0, 0.05) is 5.54 Å². The number of aliphatic hydroxyl groups is 1. The first-order chi connectivity index (χ1) is 9.68. The van der Waals surface area contributed by atoms with E-state index in [9.17, 15) is 5.11 Å². The van der Waals surface area contributed by atoms with Crippen LogP contribution in [0.25, 0.3) is 0 Å². The van der Waals surface area contributed by atoms with Crippen LogP contribution in [0.15, 0.2) is 0 Å². The highest BCUT2D eigenvalue weighted by Gasteiger charge is 2.22. The monoisotopic (exact) mass is 285 g/mol. The van der Waals surface area contributed by atoms with E-state index < -0.39 is 0 Å². The Morgan fingerprint density at radius 2 is 1.00 bits per heavy atom. The number of hydrogen-bond acceptors (Lipinski definition) is 2. The second-order valence-electron chi connectivity index (χ2n) is 6.56. The van der Waals surface area contributed by atoms with Crippen LogP contribution >= 0.6 is 0 Å². The Hall–Kier alpha value is -0.0800. The van der Waals surface area contributed by atoms with Crippen molar-refractivity contribution in [2.24, 2.45) is 5.73 Å². The van der Waals surface area contributed by atoms with Crippen molar-refractivity contribution in [1.82, 2.24) is 0 Å². The molecule has 20 heavy (non-hydrogen) atoms. The summed E-state index contributed by atoms with van der Waals surface area (Å²) in [6.45, 7) is 4.62. The molecule has 0 saturated heterocycles. The molecule has 2 nitrogen and oxygen atoms in total. The van der Waals surface area contributed by atoms with Crippen LogP contribution in [0.2, 0.25) is 0 Å². The third-order valence-corrected chi connectivity index (χ3v) is 4.37. The molecular formula is C18H39NO. The predicted octanol–water partition coefficient (Wildman–Crippen LogP) is 5.18. The second kappa shape index (κ2) is 13.9. The number of aliphatic hydroxyl groups excluding tert-OH is 1. The van der Waals surface area contributed by atoms with Gasteiger partial charge < -0.3 is 10.8 Å². The summed E-state index contributed by atoms with van der Waals surface area (Å²) in [6, 6.07) is 0. The molecule has 0 aromatic heterocycles. The Morgan fingerprint density at radius 1 is 0.650 bits per heavy atom. The van der Waals surface area contributed by atoms with Crippen LogP contribution in [0.5, 0.6) is 0 Å². The molecule has 0 aromatic rings. The zero-order valence-corrected chi connectivity index (χ0v) is 14.1. The van der Waals surface area contributed by atoms with Gasteiger partial charge in [0.25, 0.3) is 0 Å². The summed E-state index contributed by atoms with van der Waals surface area (Å²) in [5.74, 6) is 0. The molecule has 122 valence electrons.